The number of hydrogen-bond donors (Lipinski definition) is 2. The smallest absolute Gasteiger partial charge is 0.335 e. The second-order valence-electron chi connectivity index (χ2n) is 4.04. The Bertz CT molecular complexity index is 380. The highest BCUT2D eigenvalue weighted by atomic mass is 79.9. The van der Waals surface area contributed by atoms with Gasteiger partial charge in [0.25, 0.3) is 0 Å². The molecule has 0 radical (unpaired) electrons. The van der Waals surface area contributed by atoms with Crippen molar-refractivity contribution in [2.24, 2.45) is 0 Å². The third-order valence-electron chi connectivity index (χ3n) is 2.49. The standard InChI is InChI=1S/C13H18BrNO2/c1-2-3-4-5-15-9-10-6-11(13(16)17)8-12(14)7-10/h6-8,15H,2-5,9H2,1H3,(H,16,17). The second-order valence-corrected chi connectivity index (χ2v) is 4.95. The molecule has 0 amide bonds. The molecule has 0 bridgehead atoms. The largest absolute Gasteiger partial charge is 0.478 e. The molecule has 0 aliphatic carbocycles. The van der Waals surface area contributed by atoms with E-state index >= 15 is 0 Å². The maximum Gasteiger partial charge on any atom is 0.335 e. The molecule has 0 aliphatic rings. The normalized spacial score (nSPS) is 10.5. The molecular formula is C13H18BrNO2. The molecular weight excluding hydrogens is 282 g/mol. The molecule has 1 aromatic carbocycles. The molecule has 4 heteroatoms. The van der Waals surface area contributed by atoms with Gasteiger partial charge in [0.2, 0.25) is 0 Å². The van der Waals surface area contributed by atoms with Crippen LogP contribution >= 0.6 is 15.9 Å². The van der Waals surface area contributed by atoms with Crippen molar-refractivity contribution in [2.45, 2.75) is 32.7 Å². The molecule has 1 aromatic rings. The van der Waals surface area contributed by atoms with Crippen LogP contribution in [-0.4, -0.2) is 17.6 Å². The van der Waals surface area contributed by atoms with Crippen LogP contribution < -0.4 is 5.32 Å². The summed E-state index contributed by atoms with van der Waals surface area (Å²) in [7, 11) is 0. The summed E-state index contributed by atoms with van der Waals surface area (Å²) in [5, 5.41) is 12.3. The molecule has 0 unspecified atom stereocenters. The zero-order chi connectivity index (χ0) is 12.7. The van der Waals surface area contributed by atoms with Crippen molar-refractivity contribution in [3.05, 3.63) is 33.8 Å². The van der Waals surface area contributed by atoms with Gasteiger partial charge in [-0.3, -0.25) is 0 Å². The van der Waals surface area contributed by atoms with Crippen LogP contribution in [0.2, 0.25) is 0 Å². The van der Waals surface area contributed by atoms with Gasteiger partial charge in [-0.15, -0.1) is 0 Å². The lowest BCUT2D eigenvalue weighted by Gasteiger charge is -2.06. The first kappa shape index (κ1) is 14.2. The summed E-state index contributed by atoms with van der Waals surface area (Å²) < 4.78 is 0.808. The fourth-order valence-corrected chi connectivity index (χ4v) is 2.15. The van der Waals surface area contributed by atoms with E-state index in [9.17, 15) is 4.79 Å². The number of halogens is 1. The van der Waals surface area contributed by atoms with E-state index in [0.717, 1.165) is 23.0 Å². The number of hydrogen-bond acceptors (Lipinski definition) is 2. The molecule has 0 fully saturated rings. The third-order valence-corrected chi connectivity index (χ3v) is 2.95. The minimum Gasteiger partial charge on any atom is -0.478 e. The van der Waals surface area contributed by atoms with Crippen LogP contribution in [0.4, 0.5) is 0 Å². The quantitative estimate of drug-likeness (QED) is 0.759. The van der Waals surface area contributed by atoms with Gasteiger partial charge in [0.05, 0.1) is 5.56 Å². The minimum absolute atomic E-state index is 0.324. The Labute approximate surface area is 110 Å². The summed E-state index contributed by atoms with van der Waals surface area (Å²) in [4.78, 5) is 10.9. The van der Waals surface area contributed by atoms with E-state index in [-0.39, 0.29) is 0 Å². The Morgan fingerprint density at radius 1 is 1.35 bits per heavy atom. The van der Waals surface area contributed by atoms with Crippen molar-refractivity contribution >= 4 is 21.9 Å². The van der Waals surface area contributed by atoms with E-state index in [1.807, 2.05) is 6.07 Å². The fraction of sp³-hybridized carbons (Fsp3) is 0.462. The molecule has 0 spiro atoms. The fourth-order valence-electron chi connectivity index (χ4n) is 1.61. The van der Waals surface area contributed by atoms with E-state index in [1.54, 1.807) is 12.1 Å². The van der Waals surface area contributed by atoms with Gasteiger partial charge in [0.15, 0.2) is 0 Å². The lowest BCUT2D eigenvalue weighted by Crippen LogP contribution is -2.15. The van der Waals surface area contributed by atoms with E-state index in [1.165, 1.54) is 12.8 Å². The summed E-state index contributed by atoms with van der Waals surface area (Å²) in [6, 6.07) is 5.27. The topological polar surface area (TPSA) is 49.3 Å². The van der Waals surface area contributed by atoms with Crippen molar-refractivity contribution in [3.8, 4) is 0 Å². The minimum atomic E-state index is -0.890. The maximum atomic E-state index is 10.9. The average molecular weight is 300 g/mol. The van der Waals surface area contributed by atoms with Crippen LogP contribution in [0.25, 0.3) is 0 Å². The Hall–Kier alpha value is -0.870. The van der Waals surface area contributed by atoms with Gasteiger partial charge in [-0.1, -0.05) is 35.7 Å². The summed E-state index contributed by atoms with van der Waals surface area (Å²) in [6.45, 7) is 3.86. The monoisotopic (exact) mass is 299 g/mol. The molecule has 1 rings (SSSR count). The zero-order valence-electron chi connectivity index (χ0n) is 10.0. The van der Waals surface area contributed by atoms with E-state index in [0.29, 0.717) is 12.1 Å². The number of carboxylic acids is 1. The number of unbranched alkanes of at least 4 members (excludes halogenated alkanes) is 2. The number of aromatic carboxylic acids is 1. The lowest BCUT2D eigenvalue weighted by atomic mass is 10.1. The van der Waals surface area contributed by atoms with Crippen molar-refractivity contribution in [2.75, 3.05) is 6.54 Å². The molecule has 17 heavy (non-hydrogen) atoms. The van der Waals surface area contributed by atoms with Gasteiger partial charge in [-0.2, -0.15) is 0 Å². The Balaban J connectivity index is 2.50. The van der Waals surface area contributed by atoms with Crippen molar-refractivity contribution in [1.82, 2.24) is 5.32 Å². The second kappa shape index (κ2) is 7.45. The lowest BCUT2D eigenvalue weighted by molar-refractivity contribution is 0.0696. The highest BCUT2D eigenvalue weighted by molar-refractivity contribution is 9.10. The van der Waals surface area contributed by atoms with Crippen molar-refractivity contribution in [3.63, 3.8) is 0 Å². The Kier molecular flexibility index (Phi) is 6.22. The molecule has 0 heterocycles. The molecule has 3 nitrogen and oxygen atoms in total. The highest BCUT2D eigenvalue weighted by Gasteiger charge is 2.05. The van der Waals surface area contributed by atoms with Crippen LogP contribution in [-0.2, 0) is 6.54 Å². The number of rotatable bonds is 7. The van der Waals surface area contributed by atoms with Crippen LogP contribution in [0, 0.1) is 0 Å². The number of carboxylic acid groups (broad SMARTS) is 1. The SMILES string of the molecule is CCCCCNCc1cc(Br)cc(C(=O)O)c1. The molecule has 2 N–H and O–H groups in total. The Morgan fingerprint density at radius 3 is 2.76 bits per heavy atom. The zero-order valence-corrected chi connectivity index (χ0v) is 11.6. The summed E-state index contributed by atoms with van der Waals surface area (Å²) in [6.07, 6.45) is 3.60. The van der Waals surface area contributed by atoms with Crippen LogP contribution in [0.3, 0.4) is 0 Å². The molecule has 0 atom stereocenters. The maximum absolute atomic E-state index is 10.9. The van der Waals surface area contributed by atoms with Crippen LogP contribution in [0.1, 0.15) is 42.1 Å². The van der Waals surface area contributed by atoms with Gasteiger partial charge in [-0.25, -0.2) is 4.79 Å². The Morgan fingerprint density at radius 2 is 2.12 bits per heavy atom. The van der Waals surface area contributed by atoms with Crippen molar-refractivity contribution < 1.29 is 9.90 Å². The van der Waals surface area contributed by atoms with Gasteiger partial charge < -0.3 is 10.4 Å². The van der Waals surface area contributed by atoms with Gasteiger partial charge in [-0.05, 0) is 36.7 Å². The van der Waals surface area contributed by atoms with Crippen molar-refractivity contribution in [1.29, 1.82) is 0 Å². The van der Waals surface area contributed by atoms with Gasteiger partial charge in [0, 0.05) is 11.0 Å². The number of nitrogens with one attached hydrogen (secondary N) is 1. The predicted molar refractivity (Wildman–Crippen MR) is 72.3 cm³/mol. The number of carbonyl (C=O) groups is 1. The summed E-state index contributed by atoms with van der Waals surface area (Å²) >= 11 is 3.32. The van der Waals surface area contributed by atoms with E-state index in [4.69, 9.17) is 5.11 Å². The summed E-state index contributed by atoms with van der Waals surface area (Å²) in [5.74, 6) is -0.890. The summed E-state index contributed by atoms with van der Waals surface area (Å²) in [5.41, 5.74) is 1.32. The first-order valence-electron chi connectivity index (χ1n) is 5.87. The molecule has 0 aliphatic heterocycles. The predicted octanol–water partition coefficient (Wildman–Crippen LogP) is 3.43. The molecule has 0 aromatic heterocycles. The van der Waals surface area contributed by atoms with Crippen LogP contribution in [0.15, 0.2) is 22.7 Å². The first-order valence-corrected chi connectivity index (χ1v) is 6.66. The van der Waals surface area contributed by atoms with Gasteiger partial charge >= 0.3 is 5.97 Å². The van der Waals surface area contributed by atoms with Gasteiger partial charge in [0.1, 0.15) is 0 Å². The van der Waals surface area contributed by atoms with Crippen LogP contribution in [0.5, 0.6) is 0 Å². The van der Waals surface area contributed by atoms with E-state index < -0.39 is 5.97 Å². The molecule has 0 saturated heterocycles. The third kappa shape index (κ3) is 5.33. The molecule has 94 valence electrons. The van der Waals surface area contributed by atoms with E-state index in [2.05, 4.69) is 28.2 Å². The average Bonchev–Trinajstić information content (AvgIpc) is 2.28. The highest BCUT2D eigenvalue weighted by Crippen LogP contribution is 2.16. The first-order chi connectivity index (χ1) is 8.13. The molecule has 0 saturated carbocycles. The number of benzene rings is 1.